The van der Waals surface area contributed by atoms with Crippen molar-refractivity contribution in [2.24, 2.45) is 0 Å². The standard InChI is InChI=1S/C23H23ClN2O5S/c1-15-4-5-16(2)21(12-15)25-23(27)14-31-18-7-9-19(10-8-18)32(28,29)26-17-6-11-22(30-3)20(24)13-17/h4-13,26H,14H2,1-3H3,(H,25,27). The van der Waals surface area contributed by atoms with E-state index in [9.17, 15) is 13.2 Å². The molecule has 0 radical (unpaired) electrons. The van der Waals surface area contributed by atoms with Crippen LogP contribution in [0.15, 0.2) is 65.6 Å². The number of anilines is 2. The summed E-state index contributed by atoms with van der Waals surface area (Å²) in [7, 11) is -2.36. The summed E-state index contributed by atoms with van der Waals surface area (Å²) in [6, 6.07) is 16.1. The number of halogens is 1. The predicted octanol–water partition coefficient (Wildman–Crippen LogP) is 4.78. The number of benzene rings is 3. The van der Waals surface area contributed by atoms with Crippen molar-refractivity contribution in [1.29, 1.82) is 0 Å². The Morgan fingerprint density at radius 3 is 2.38 bits per heavy atom. The number of nitrogens with one attached hydrogen (secondary N) is 2. The van der Waals surface area contributed by atoms with Gasteiger partial charge in [-0.15, -0.1) is 0 Å². The second kappa shape index (κ2) is 9.93. The molecule has 0 spiro atoms. The van der Waals surface area contributed by atoms with Gasteiger partial charge in [0.15, 0.2) is 6.61 Å². The maximum absolute atomic E-state index is 12.6. The average Bonchev–Trinajstić information content (AvgIpc) is 2.75. The Hall–Kier alpha value is -3.23. The van der Waals surface area contributed by atoms with Gasteiger partial charge in [0.1, 0.15) is 11.5 Å². The van der Waals surface area contributed by atoms with Crippen LogP contribution in [0.3, 0.4) is 0 Å². The van der Waals surface area contributed by atoms with Crippen molar-refractivity contribution in [2.75, 3.05) is 23.8 Å². The average molecular weight is 475 g/mol. The van der Waals surface area contributed by atoms with Gasteiger partial charge < -0.3 is 14.8 Å². The highest BCUT2D eigenvalue weighted by atomic mass is 35.5. The van der Waals surface area contributed by atoms with Crippen LogP contribution in [-0.2, 0) is 14.8 Å². The fourth-order valence-corrected chi connectivity index (χ4v) is 4.17. The zero-order valence-corrected chi connectivity index (χ0v) is 19.4. The summed E-state index contributed by atoms with van der Waals surface area (Å²) in [5.74, 6) is 0.499. The van der Waals surface area contributed by atoms with Crippen molar-refractivity contribution in [1.82, 2.24) is 0 Å². The minimum absolute atomic E-state index is 0.0385. The Bertz CT molecular complexity index is 1230. The first-order chi connectivity index (χ1) is 15.2. The molecule has 3 aromatic rings. The molecule has 0 atom stereocenters. The van der Waals surface area contributed by atoms with E-state index >= 15 is 0 Å². The normalized spacial score (nSPS) is 11.0. The topological polar surface area (TPSA) is 93.7 Å². The summed E-state index contributed by atoms with van der Waals surface area (Å²) in [5.41, 5.74) is 3.02. The number of carbonyl (C=O) groups is 1. The van der Waals surface area contributed by atoms with Crippen molar-refractivity contribution in [3.63, 3.8) is 0 Å². The minimum Gasteiger partial charge on any atom is -0.495 e. The first kappa shape index (κ1) is 23.4. The fraction of sp³-hybridized carbons (Fsp3) is 0.174. The highest BCUT2D eigenvalue weighted by molar-refractivity contribution is 7.92. The lowest BCUT2D eigenvalue weighted by Crippen LogP contribution is -2.20. The number of methoxy groups -OCH3 is 1. The van der Waals surface area contributed by atoms with Crippen LogP contribution in [0, 0.1) is 13.8 Å². The van der Waals surface area contributed by atoms with Crippen molar-refractivity contribution in [3.8, 4) is 11.5 Å². The number of aryl methyl sites for hydroxylation is 2. The molecule has 7 nitrogen and oxygen atoms in total. The van der Waals surface area contributed by atoms with Gasteiger partial charge in [-0.1, -0.05) is 23.7 Å². The molecule has 0 aromatic heterocycles. The molecular formula is C23H23ClN2O5S. The molecule has 0 aliphatic carbocycles. The molecule has 168 valence electrons. The molecule has 0 heterocycles. The number of carbonyl (C=O) groups excluding carboxylic acids is 1. The van der Waals surface area contributed by atoms with E-state index in [-0.39, 0.29) is 22.4 Å². The quantitative estimate of drug-likeness (QED) is 0.490. The predicted molar refractivity (Wildman–Crippen MR) is 125 cm³/mol. The Morgan fingerprint density at radius 1 is 1.00 bits per heavy atom. The lowest BCUT2D eigenvalue weighted by atomic mass is 10.1. The van der Waals surface area contributed by atoms with Crippen LogP contribution in [0.1, 0.15) is 11.1 Å². The Kier molecular flexibility index (Phi) is 7.27. The zero-order chi connectivity index (χ0) is 23.3. The summed E-state index contributed by atoms with van der Waals surface area (Å²) in [4.78, 5) is 12.2. The lowest BCUT2D eigenvalue weighted by Gasteiger charge is -2.12. The van der Waals surface area contributed by atoms with Gasteiger partial charge >= 0.3 is 0 Å². The summed E-state index contributed by atoms with van der Waals surface area (Å²) >= 11 is 6.04. The number of hydrogen-bond donors (Lipinski definition) is 2. The molecule has 0 unspecified atom stereocenters. The minimum atomic E-state index is -3.83. The number of ether oxygens (including phenoxy) is 2. The van der Waals surface area contributed by atoms with E-state index in [2.05, 4.69) is 10.0 Å². The van der Waals surface area contributed by atoms with Gasteiger partial charge in [-0.25, -0.2) is 8.42 Å². The molecule has 1 amide bonds. The third-order valence-corrected chi connectivity index (χ3v) is 6.27. The number of hydrogen-bond acceptors (Lipinski definition) is 5. The monoisotopic (exact) mass is 474 g/mol. The number of rotatable bonds is 8. The summed E-state index contributed by atoms with van der Waals surface area (Å²) < 4.78 is 38.2. The van der Waals surface area contributed by atoms with Crippen molar-refractivity contribution < 1.29 is 22.7 Å². The Morgan fingerprint density at radius 2 is 1.72 bits per heavy atom. The SMILES string of the molecule is COc1ccc(NS(=O)(=O)c2ccc(OCC(=O)Nc3cc(C)ccc3C)cc2)cc1Cl. The largest absolute Gasteiger partial charge is 0.495 e. The molecule has 0 saturated carbocycles. The molecule has 3 rings (SSSR count). The van der Waals surface area contributed by atoms with E-state index in [1.807, 2.05) is 32.0 Å². The fourth-order valence-electron chi connectivity index (χ4n) is 2.86. The van der Waals surface area contributed by atoms with Gasteiger partial charge in [0.25, 0.3) is 15.9 Å². The molecule has 0 fully saturated rings. The van der Waals surface area contributed by atoms with Gasteiger partial charge in [0.05, 0.1) is 22.7 Å². The van der Waals surface area contributed by atoms with Gasteiger partial charge in [0.2, 0.25) is 0 Å². The first-order valence-corrected chi connectivity index (χ1v) is 11.5. The van der Waals surface area contributed by atoms with E-state index in [1.165, 1.54) is 37.4 Å². The van der Waals surface area contributed by atoms with Gasteiger partial charge in [-0.3, -0.25) is 9.52 Å². The van der Waals surface area contributed by atoms with Crippen molar-refractivity contribution >= 4 is 38.9 Å². The van der Waals surface area contributed by atoms with Crippen LogP contribution in [0.2, 0.25) is 5.02 Å². The highest BCUT2D eigenvalue weighted by Gasteiger charge is 2.15. The van der Waals surface area contributed by atoms with Crippen LogP contribution in [0.5, 0.6) is 11.5 Å². The smallest absolute Gasteiger partial charge is 0.262 e. The van der Waals surface area contributed by atoms with Gasteiger partial charge in [-0.05, 0) is 73.5 Å². The molecule has 9 heteroatoms. The van der Waals surface area contributed by atoms with Gasteiger partial charge in [0, 0.05) is 5.69 Å². The van der Waals surface area contributed by atoms with Gasteiger partial charge in [-0.2, -0.15) is 0 Å². The van der Waals surface area contributed by atoms with Crippen LogP contribution >= 0.6 is 11.6 Å². The summed E-state index contributed by atoms with van der Waals surface area (Å²) in [6.45, 7) is 3.64. The van der Waals surface area contributed by atoms with E-state index in [0.717, 1.165) is 16.8 Å². The molecule has 0 aliphatic rings. The second-order valence-electron chi connectivity index (χ2n) is 7.08. The van der Waals surface area contributed by atoms with Crippen LogP contribution in [0.4, 0.5) is 11.4 Å². The third-order valence-electron chi connectivity index (χ3n) is 4.58. The van der Waals surface area contributed by atoms with Crippen LogP contribution in [0.25, 0.3) is 0 Å². The lowest BCUT2D eigenvalue weighted by molar-refractivity contribution is -0.118. The van der Waals surface area contributed by atoms with E-state index in [4.69, 9.17) is 21.1 Å². The van der Waals surface area contributed by atoms with Crippen LogP contribution < -0.4 is 19.5 Å². The molecule has 32 heavy (non-hydrogen) atoms. The Labute approximate surface area is 192 Å². The summed E-state index contributed by atoms with van der Waals surface area (Å²) in [5, 5.41) is 3.09. The molecule has 0 bridgehead atoms. The van der Waals surface area contributed by atoms with E-state index < -0.39 is 10.0 Å². The maximum atomic E-state index is 12.6. The molecule has 0 aliphatic heterocycles. The number of amides is 1. The van der Waals surface area contributed by atoms with Crippen LogP contribution in [-0.4, -0.2) is 28.0 Å². The summed E-state index contributed by atoms with van der Waals surface area (Å²) in [6.07, 6.45) is 0. The third kappa shape index (κ3) is 5.93. The number of sulfonamides is 1. The first-order valence-electron chi connectivity index (χ1n) is 9.64. The van der Waals surface area contributed by atoms with E-state index in [0.29, 0.717) is 17.2 Å². The molecule has 3 aromatic carbocycles. The molecule has 2 N–H and O–H groups in total. The Balaban J connectivity index is 1.61. The zero-order valence-electron chi connectivity index (χ0n) is 17.8. The van der Waals surface area contributed by atoms with Crippen molar-refractivity contribution in [2.45, 2.75) is 18.7 Å². The molecule has 0 saturated heterocycles. The highest BCUT2D eigenvalue weighted by Crippen LogP contribution is 2.28. The van der Waals surface area contributed by atoms with E-state index in [1.54, 1.807) is 12.1 Å². The molecular weight excluding hydrogens is 452 g/mol. The maximum Gasteiger partial charge on any atom is 0.262 e. The second-order valence-corrected chi connectivity index (χ2v) is 9.17. The van der Waals surface area contributed by atoms with Crippen molar-refractivity contribution in [3.05, 3.63) is 76.8 Å².